The fourth-order valence-electron chi connectivity index (χ4n) is 9.15. The zero-order chi connectivity index (χ0) is 32.4. The zero-order valence-corrected chi connectivity index (χ0v) is 29.1. The van der Waals surface area contributed by atoms with E-state index in [4.69, 9.17) is 9.47 Å². The van der Waals surface area contributed by atoms with Crippen molar-refractivity contribution in [3.8, 4) is 6.07 Å². The Morgan fingerprint density at radius 1 is 0.773 bits per heavy atom. The molecule has 2 aliphatic carbocycles. The maximum absolute atomic E-state index is 14.2. The van der Waals surface area contributed by atoms with E-state index in [1.807, 2.05) is 65.2 Å². The van der Waals surface area contributed by atoms with Gasteiger partial charge in [0.1, 0.15) is 11.2 Å². The van der Waals surface area contributed by atoms with Gasteiger partial charge in [0.05, 0.1) is 23.6 Å². The van der Waals surface area contributed by atoms with Crippen molar-refractivity contribution in [2.75, 3.05) is 0 Å². The highest BCUT2D eigenvalue weighted by molar-refractivity contribution is 5.71. The highest BCUT2D eigenvalue weighted by Gasteiger charge is 2.52. The van der Waals surface area contributed by atoms with Gasteiger partial charge in [-0.3, -0.25) is 4.90 Å². The molecule has 1 unspecified atom stereocenters. The first-order chi connectivity index (χ1) is 20.5. The third-order valence-corrected chi connectivity index (χ3v) is 11.0. The lowest BCUT2D eigenvalue weighted by Gasteiger charge is -2.41. The topological polar surface area (TPSA) is 82.9 Å². The molecule has 4 fully saturated rings. The minimum Gasteiger partial charge on any atom is -0.444 e. The number of hydrogen-bond donors (Lipinski definition) is 0. The summed E-state index contributed by atoms with van der Waals surface area (Å²) in [6.07, 6.45) is 14.6. The number of carbonyl (C=O) groups excluding carboxylic acids is 2. The largest absolute Gasteiger partial charge is 0.444 e. The number of nitriles is 1. The second-order valence-corrected chi connectivity index (χ2v) is 16.8. The summed E-state index contributed by atoms with van der Waals surface area (Å²) >= 11 is 0. The van der Waals surface area contributed by atoms with Crippen molar-refractivity contribution in [3.05, 3.63) is 12.2 Å². The zero-order valence-electron chi connectivity index (χ0n) is 29.1. The number of nitrogens with zero attached hydrogens (tertiary/aromatic N) is 3. The summed E-state index contributed by atoms with van der Waals surface area (Å²) in [7, 11) is 0. The van der Waals surface area contributed by atoms with E-state index in [1.54, 1.807) is 0 Å². The van der Waals surface area contributed by atoms with Crippen LogP contribution < -0.4 is 0 Å². The summed E-state index contributed by atoms with van der Waals surface area (Å²) in [5.41, 5.74) is -1.03. The summed E-state index contributed by atoms with van der Waals surface area (Å²) in [5, 5.41) is 10.0. The maximum Gasteiger partial charge on any atom is 0.411 e. The van der Waals surface area contributed by atoms with Gasteiger partial charge < -0.3 is 14.4 Å². The molecule has 4 rings (SSSR count). The molecule has 5 atom stereocenters. The second kappa shape index (κ2) is 13.6. The molecule has 2 heterocycles. The van der Waals surface area contributed by atoms with Crippen LogP contribution in [-0.2, 0) is 9.47 Å². The summed E-state index contributed by atoms with van der Waals surface area (Å²) in [6.45, 7) is 20.1. The van der Waals surface area contributed by atoms with Crippen LogP contribution in [0.15, 0.2) is 12.2 Å². The van der Waals surface area contributed by atoms with Gasteiger partial charge in [-0.2, -0.15) is 5.26 Å². The van der Waals surface area contributed by atoms with E-state index in [-0.39, 0.29) is 42.3 Å². The van der Waals surface area contributed by atoms with Crippen molar-refractivity contribution in [1.29, 1.82) is 5.26 Å². The van der Waals surface area contributed by atoms with Crippen molar-refractivity contribution in [1.82, 2.24) is 9.80 Å². The van der Waals surface area contributed by atoms with E-state index in [0.717, 1.165) is 50.5 Å². The van der Waals surface area contributed by atoms with Crippen molar-refractivity contribution in [2.45, 2.75) is 181 Å². The Morgan fingerprint density at radius 2 is 1.30 bits per heavy atom. The van der Waals surface area contributed by atoms with Crippen LogP contribution in [0.1, 0.15) is 145 Å². The molecule has 0 aromatic carbocycles. The molecule has 0 radical (unpaired) electrons. The molecule has 44 heavy (non-hydrogen) atoms. The lowest BCUT2D eigenvalue weighted by Crippen LogP contribution is -2.52. The minimum atomic E-state index is -0.752. The molecule has 2 aliphatic heterocycles. The number of ether oxygens (including phenoxy) is 2. The van der Waals surface area contributed by atoms with Crippen molar-refractivity contribution in [2.24, 2.45) is 23.2 Å². The van der Waals surface area contributed by atoms with Gasteiger partial charge in [-0.15, -0.1) is 0 Å². The summed E-state index contributed by atoms with van der Waals surface area (Å²) in [4.78, 5) is 32.0. The highest BCUT2D eigenvalue weighted by atomic mass is 16.6. The van der Waals surface area contributed by atoms with E-state index in [0.29, 0.717) is 18.3 Å². The van der Waals surface area contributed by atoms with E-state index in [1.165, 1.54) is 38.5 Å². The van der Waals surface area contributed by atoms with E-state index < -0.39 is 16.6 Å². The Labute approximate surface area is 268 Å². The van der Waals surface area contributed by atoms with Gasteiger partial charge in [-0.05, 0) is 125 Å². The predicted octanol–water partition coefficient (Wildman–Crippen LogP) is 9.41. The van der Waals surface area contributed by atoms with Crippen LogP contribution in [0.3, 0.4) is 0 Å². The van der Waals surface area contributed by atoms with Gasteiger partial charge in [-0.25, -0.2) is 9.59 Å². The molecule has 2 saturated carbocycles. The average Bonchev–Trinajstić information content (AvgIpc) is 3.56. The van der Waals surface area contributed by atoms with E-state index in [2.05, 4.69) is 12.6 Å². The Morgan fingerprint density at radius 3 is 1.80 bits per heavy atom. The normalized spacial score (nSPS) is 29.4. The third kappa shape index (κ3) is 7.94. The molecule has 4 aliphatic rings. The summed E-state index contributed by atoms with van der Waals surface area (Å²) in [5.74, 6) is 1.03. The predicted molar refractivity (Wildman–Crippen MR) is 175 cm³/mol. The van der Waals surface area contributed by atoms with Gasteiger partial charge in [-0.1, -0.05) is 50.7 Å². The van der Waals surface area contributed by atoms with Crippen LogP contribution in [0.4, 0.5) is 9.59 Å². The van der Waals surface area contributed by atoms with Crippen LogP contribution in [-0.4, -0.2) is 57.4 Å². The van der Waals surface area contributed by atoms with Gasteiger partial charge in [0.2, 0.25) is 0 Å². The molecule has 7 nitrogen and oxygen atoms in total. The van der Waals surface area contributed by atoms with Gasteiger partial charge >= 0.3 is 12.2 Å². The molecule has 0 aromatic rings. The lowest BCUT2D eigenvalue weighted by atomic mass is 9.80. The fourth-order valence-corrected chi connectivity index (χ4v) is 9.15. The first kappa shape index (κ1) is 34.6. The van der Waals surface area contributed by atoms with Gasteiger partial charge in [0.25, 0.3) is 0 Å². The lowest BCUT2D eigenvalue weighted by molar-refractivity contribution is -0.0241. The molecule has 0 N–H and O–H groups in total. The second-order valence-electron chi connectivity index (χ2n) is 16.8. The third-order valence-electron chi connectivity index (χ3n) is 11.0. The molecule has 248 valence electrons. The van der Waals surface area contributed by atoms with Crippen LogP contribution in [0.25, 0.3) is 0 Å². The fraction of sp³-hybridized carbons (Fsp3) is 0.865. The van der Waals surface area contributed by atoms with E-state index in [9.17, 15) is 14.9 Å². The molecule has 0 spiro atoms. The monoisotopic (exact) mass is 611 g/mol. The molecule has 0 bridgehead atoms. The first-order valence-corrected chi connectivity index (χ1v) is 17.6. The molecule has 2 amide bonds. The number of hydrogen-bond acceptors (Lipinski definition) is 5. The van der Waals surface area contributed by atoms with Crippen LogP contribution in [0.2, 0.25) is 0 Å². The standard InChI is InChI=1S/C37H61N3O4/c1-25(2)32-28(22-30(27-18-14-11-15-19-27)40(32)34(42)43-35(3,4)5)23-37(8,9)44-33(41)39-29(26-16-12-10-13-17-26)20-21-31(39)36(6,7)24-38/h26-32H,1,10-23H2,2-9H3/t28?,29-,30-,31+,32-/m0/s1. The SMILES string of the molecule is C=C(C)[C@H]1C(CC(C)(C)OC(=O)N2[C@H](C3CCCCC3)CC[C@@H]2C(C)(C)C#N)C[C@@H](C2CCCCC2)N1C(=O)OC(C)(C)C. The number of likely N-dealkylation sites (tertiary alicyclic amines) is 2. The summed E-state index contributed by atoms with van der Waals surface area (Å²) < 4.78 is 12.5. The molecular weight excluding hydrogens is 550 g/mol. The van der Waals surface area contributed by atoms with Gasteiger partial charge in [0.15, 0.2) is 0 Å². The van der Waals surface area contributed by atoms with Gasteiger partial charge in [0, 0.05) is 12.1 Å². The molecule has 7 heteroatoms. The Bertz CT molecular complexity index is 1070. The quantitative estimate of drug-likeness (QED) is 0.268. The van der Waals surface area contributed by atoms with Crippen LogP contribution >= 0.6 is 0 Å². The minimum absolute atomic E-state index is 0.0958. The first-order valence-electron chi connectivity index (χ1n) is 17.6. The van der Waals surface area contributed by atoms with Crippen molar-refractivity contribution >= 4 is 12.2 Å². The molecule has 2 saturated heterocycles. The average molecular weight is 612 g/mol. The Balaban J connectivity index is 1.57. The summed E-state index contributed by atoms with van der Waals surface area (Å²) in [6, 6.07) is 2.39. The molecular formula is C37H61N3O4. The Kier molecular flexibility index (Phi) is 10.7. The number of amides is 2. The number of rotatable bonds is 7. The molecule has 0 aromatic heterocycles. The Hall–Kier alpha value is -2.23. The van der Waals surface area contributed by atoms with Crippen LogP contribution in [0, 0.1) is 34.5 Å². The number of carbonyl (C=O) groups is 2. The van der Waals surface area contributed by atoms with E-state index >= 15 is 0 Å². The maximum atomic E-state index is 14.2. The van der Waals surface area contributed by atoms with Crippen molar-refractivity contribution < 1.29 is 19.1 Å². The van der Waals surface area contributed by atoms with Crippen LogP contribution in [0.5, 0.6) is 0 Å². The highest BCUT2D eigenvalue weighted by Crippen LogP contribution is 2.47. The smallest absolute Gasteiger partial charge is 0.411 e. The van der Waals surface area contributed by atoms with Crippen molar-refractivity contribution in [3.63, 3.8) is 0 Å².